The predicted molar refractivity (Wildman–Crippen MR) is 79.3 cm³/mol. The average molecular weight is 273 g/mol. The molecule has 106 valence electrons. The number of nitrogens with two attached hydrogens (primary N) is 1. The summed E-state index contributed by atoms with van der Waals surface area (Å²) >= 11 is 0. The van der Waals surface area contributed by atoms with Crippen molar-refractivity contribution in [1.82, 2.24) is 0 Å². The second-order valence-corrected chi connectivity index (χ2v) is 4.27. The van der Waals surface area contributed by atoms with Gasteiger partial charge in [-0.05, 0) is 31.2 Å². The summed E-state index contributed by atoms with van der Waals surface area (Å²) < 4.78 is 16.5. The highest BCUT2D eigenvalue weighted by Gasteiger charge is 2.05. The van der Waals surface area contributed by atoms with Crippen molar-refractivity contribution in [3.8, 4) is 17.2 Å². The first-order valence-corrected chi connectivity index (χ1v) is 6.51. The van der Waals surface area contributed by atoms with Crippen molar-refractivity contribution < 1.29 is 14.2 Å². The Balaban J connectivity index is 2.06. The van der Waals surface area contributed by atoms with E-state index < -0.39 is 0 Å². The fourth-order valence-electron chi connectivity index (χ4n) is 1.86. The van der Waals surface area contributed by atoms with Gasteiger partial charge in [0.2, 0.25) is 0 Å². The summed E-state index contributed by atoms with van der Waals surface area (Å²) in [5.41, 5.74) is 7.34. The van der Waals surface area contributed by atoms with Crippen molar-refractivity contribution in [1.29, 1.82) is 0 Å². The molecule has 0 saturated heterocycles. The standard InChI is InChI=1S/C16H19NO3/c1-3-19-14-5-4-6-15(10-14)20-11-12-7-8-13(17)9-16(12)18-2/h4-10H,3,11,17H2,1-2H3. The van der Waals surface area contributed by atoms with E-state index in [-0.39, 0.29) is 0 Å². The van der Waals surface area contributed by atoms with Gasteiger partial charge < -0.3 is 19.9 Å². The summed E-state index contributed by atoms with van der Waals surface area (Å²) in [7, 11) is 1.62. The number of ether oxygens (including phenoxy) is 3. The molecular weight excluding hydrogens is 254 g/mol. The lowest BCUT2D eigenvalue weighted by molar-refractivity contribution is 0.292. The molecule has 2 rings (SSSR count). The van der Waals surface area contributed by atoms with Crippen LogP contribution in [-0.2, 0) is 6.61 Å². The van der Waals surface area contributed by atoms with Crippen molar-refractivity contribution >= 4 is 5.69 Å². The van der Waals surface area contributed by atoms with Gasteiger partial charge in [-0.3, -0.25) is 0 Å². The van der Waals surface area contributed by atoms with E-state index in [0.717, 1.165) is 22.8 Å². The average Bonchev–Trinajstić information content (AvgIpc) is 2.46. The quantitative estimate of drug-likeness (QED) is 0.821. The molecule has 4 nitrogen and oxygen atoms in total. The summed E-state index contributed by atoms with van der Waals surface area (Å²) in [6.45, 7) is 3.00. The number of benzene rings is 2. The van der Waals surface area contributed by atoms with Crippen LogP contribution >= 0.6 is 0 Å². The minimum Gasteiger partial charge on any atom is -0.496 e. The van der Waals surface area contributed by atoms with Gasteiger partial charge in [-0.15, -0.1) is 0 Å². The Kier molecular flexibility index (Phi) is 4.71. The van der Waals surface area contributed by atoms with Crippen LogP contribution in [0.5, 0.6) is 17.2 Å². The lowest BCUT2D eigenvalue weighted by Crippen LogP contribution is -2.00. The van der Waals surface area contributed by atoms with Gasteiger partial charge in [0.15, 0.2) is 0 Å². The second kappa shape index (κ2) is 6.70. The Hall–Kier alpha value is -2.36. The summed E-state index contributed by atoms with van der Waals surface area (Å²) in [6.07, 6.45) is 0. The molecule has 0 bridgehead atoms. The van der Waals surface area contributed by atoms with E-state index in [1.165, 1.54) is 0 Å². The molecule has 0 heterocycles. The molecule has 20 heavy (non-hydrogen) atoms. The van der Waals surface area contributed by atoms with Gasteiger partial charge >= 0.3 is 0 Å². The third-order valence-electron chi connectivity index (χ3n) is 2.82. The molecule has 0 radical (unpaired) electrons. The van der Waals surface area contributed by atoms with E-state index in [2.05, 4.69) is 0 Å². The highest BCUT2D eigenvalue weighted by molar-refractivity contribution is 5.48. The summed E-state index contributed by atoms with van der Waals surface area (Å²) in [5.74, 6) is 2.29. The number of nitrogen functional groups attached to an aromatic ring is 1. The third kappa shape index (κ3) is 3.57. The molecule has 0 amide bonds. The fraction of sp³-hybridized carbons (Fsp3) is 0.250. The number of rotatable bonds is 6. The lowest BCUT2D eigenvalue weighted by atomic mass is 10.2. The van der Waals surface area contributed by atoms with Crippen LogP contribution in [0.15, 0.2) is 42.5 Å². The maximum absolute atomic E-state index is 5.76. The maximum atomic E-state index is 5.76. The van der Waals surface area contributed by atoms with Gasteiger partial charge in [0, 0.05) is 23.4 Å². The van der Waals surface area contributed by atoms with E-state index in [1.807, 2.05) is 43.3 Å². The highest BCUT2D eigenvalue weighted by Crippen LogP contribution is 2.25. The topological polar surface area (TPSA) is 53.7 Å². The van der Waals surface area contributed by atoms with Gasteiger partial charge in [0.1, 0.15) is 23.9 Å². The normalized spacial score (nSPS) is 10.1. The van der Waals surface area contributed by atoms with Gasteiger partial charge in [0.25, 0.3) is 0 Å². The van der Waals surface area contributed by atoms with Crippen LogP contribution < -0.4 is 19.9 Å². The van der Waals surface area contributed by atoms with Crippen molar-refractivity contribution in [3.63, 3.8) is 0 Å². The smallest absolute Gasteiger partial charge is 0.127 e. The van der Waals surface area contributed by atoms with Gasteiger partial charge in [-0.1, -0.05) is 6.07 Å². The first kappa shape index (κ1) is 14.1. The third-order valence-corrected chi connectivity index (χ3v) is 2.82. The Morgan fingerprint density at radius 1 is 1.00 bits per heavy atom. The molecule has 0 spiro atoms. The molecule has 2 N–H and O–H groups in total. The largest absolute Gasteiger partial charge is 0.496 e. The van der Waals surface area contributed by atoms with E-state index in [1.54, 1.807) is 13.2 Å². The van der Waals surface area contributed by atoms with Gasteiger partial charge in [0.05, 0.1) is 13.7 Å². The first-order valence-electron chi connectivity index (χ1n) is 6.51. The van der Waals surface area contributed by atoms with E-state index >= 15 is 0 Å². The molecule has 2 aromatic rings. The number of anilines is 1. The van der Waals surface area contributed by atoms with E-state index in [9.17, 15) is 0 Å². The van der Waals surface area contributed by atoms with E-state index in [0.29, 0.717) is 18.9 Å². The summed E-state index contributed by atoms with van der Waals surface area (Å²) in [5, 5.41) is 0. The van der Waals surface area contributed by atoms with Gasteiger partial charge in [-0.2, -0.15) is 0 Å². The molecule has 0 unspecified atom stereocenters. The molecule has 0 fully saturated rings. The molecule has 0 aliphatic carbocycles. The van der Waals surface area contributed by atoms with E-state index in [4.69, 9.17) is 19.9 Å². The van der Waals surface area contributed by atoms with Gasteiger partial charge in [-0.25, -0.2) is 0 Å². The van der Waals surface area contributed by atoms with Crippen molar-refractivity contribution in [2.24, 2.45) is 0 Å². The Morgan fingerprint density at radius 3 is 2.45 bits per heavy atom. The number of hydrogen-bond acceptors (Lipinski definition) is 4. The zero-order valence-corrected chi connectivity index (χ0v) is 11.8. The van der Waals surface area contributed by atoms with Crippen LogP contribution in [0.4, 0.5) is 5.69 Å². The molecule has 0 aliphatic rings. The minimum absolute atomic E-state index is 0.416. The minimum atomic E-state index is 0.416. The lowest BCUT2D eigenvalue weighted by Gasteiger charge is -2.11. The number of methoxy groups -OCH3 is 1. The number of hydrogen-bond donors (Lipinski definition) is 1. The first-order chi connectivity index (χ1) is 9.72. The molecule has 0 aromatic heterocycles. The van der Waals surface area contributed by atoms with Crippen molar-refractivity contribution in [3.05, 3.63) is 48.0 Å². The molecule has 0 aliphatic heterocycles. The zero-order valence-electron chi connectivity index (χ0n) is 11.8. The predicted octanol–water partition coefficient (Wildman–Crippen LogP) is 3.26. The molecule has 2 aromatic carbocycles. The van der Waals surface area contributed by atoms with Crippen LogP contribution in [-0.4, -0.2) is 13.7 Å². The molecule has 0 atom stereocenters. The highest BCUT2D eigenvalue weighted by atomic mass is 16.5. The summed E-state index contributed by atoms with van der Waals surface area (Å²) in [4.78, 5) is 0. The molecule has 4 heteroatoms. The Labute approximate surface area is 119 Å². The Bertz CT molecular complexity index is 569. The van der Waals surface area contributed by atoms with Crippen LogP contribution in [0.25, 0.3) is 0 Å². The molecular formula is C16H19NO3. The summed E-state index contributed by atoms with van der Waals surface area (Å²) in [6, 6.07) is 13.1. The Morgan fingerprint density at radius 2 is 1.75 bits per heavy atom. The maximum Gasteiger partial charge on any atom is 0.127 e. The molecule has 0 saturated carbocycles. The van der Waals surface area contributed by atoms with Crippen LogP contribution in [0.1, 0.15) is 12.5 Å². The van der Waals surface area contributed by atoms with Crippen LogP contribution in [0.3, 0.4) is 0 Å². The van der Waals surface area contributed by atoms with Crippen LogP contribution in [0, 0.1) is 0 Å². The van der Waals surface area contributed by atoms with Crippen molar-refractivity contribution in [2.45, 2.75) is 13.5 Å². The fourth-order valence-corrected chi connectivity index (χ4v) is 1.86. The second-order valence-electron chi connectivity index (χ2n) is 4.27. The monoisotopic (exact) mass is 273 g/mol. The van der Waals surface area contributed by atoms with Crippen LogP contribution in [0.2, 0.25) is 0 Å². The zero-order chi connectivity index (χ0) is 14.4. The van der Waals surface area contributed by atoms with Crippen molar-refractivity contribution in [2.75, 3.05) is 19.5 Å². The SMILES string of the molecule is CCOc1cccc(OCc2ccc(N)cc2OC)c1.